The van der Waals surface area contributed by atoms with Crippen LogP contribution in [0.4, 0.5) is 4.39 Å². The normalized spacial score (nSPS) is 13.9. The minimum Gasteiger partial charge on any atom is -0.375 e. The minimum atomic E-state index is -0.203. The van der Waals surface area contributed by atoms with E-state index in [1.807, 2.05) is 43.4 Å². The van der Waals surface area contributed by atoms with Crippen molar-refractivity contribution < 1.29 is 9.13 Å². The van der Waals surface area contributed by atoms with Crippen LogP contribution in [0, 0.1) is 5.82 Å². The smallest absolute Gasteiger partial charge is 0.123 e. The highest BCUT2D eigenvalue weighted by Crippen LogP contribution is 2.23. The summed E-state index contributed by atoms with van der Waals surface area (Å²) >= 11 is 0. The maximum Gasteiger partial charge on any atom is 0.123 e. The number of nitrogens with one attached hydrogen (secondary N) is 1. The van der Waals surface area contributed by atoms with Gasteiger partial charge in [0.2, 0.25) is 0 Å². The topological polar surface area (TPSA) is 21.3 Å². The van der Waals surface area contributed by atoms with Crippen molar-refractivity contribution >= 4 is 0 Å². The monoisotopic (exact) mass is 273 g/mol. The van der Waals surface area contributed by atoms with E-state index in [2.05, 4.69) is 5.32 Å². The van der Waals surface area contributed by atoms with Gasteiger partial charge in [-0.2, -0.15) is 0 Å². The van der Waals surface area contributed by atoms with Crippen LogP contribution < -0.4 is 5.32 Å². The third-order valence-electron chi connectivity index (χ3n) is 3.46. The van der Waals surface area contributed by atoms with Gasteiger partial charge < -0.3 is 10.1 Å². The van der Waals surface area contributed by atoms with E-state index < -0.39 is 0 Å². The van der Waals surface area contributed by atoms with Gasteiger partial charge in [0.15, 0.2) is 0 Å². The first-order valence-corrected chi connectivity index (χ1v) is 6.74. The molecule has 0 aliphatic heterocycles. The summed E-state index contributed by atoms with van der Waals surface area (Å²) < 4.78 is 18.9. The van der Waals surface area contributed by atoms with Crippen molar-refractivity contribution in [3.05, 3.63) is 71.5 Å². The van der Waals surface area contributed by atoms with Crippen LogP contribution in [0.15, 0.2) is 54.6 Å². The maximum absolute atomic E-state index is 13.3. The molecular formula is C17H20FNO. The number of rotatable bonds is 6. The van der Waals surface area contributed by atoms with E-state index >= 15 is 0 Å². The maximum atomic E-state index is 13.3. The molecule has 0 fully saturated rings. The Labute approximate surface area is 119 Å². The van der Waals surface area contributed by atoms with Crippen LogP contribution in [0.3, 0.4) is 0 Å². The van der Waals surface area contributed by atoms with Crippen LogP contribution in [-0.2, 0) is 11.2 Å². The van der Waals surface area contributed by atoms with Crippen LogP contribution in [-0.4, -0.2) is 20.2 Å². The quantitative estimate of drug-likeness (QED) is 0.871. The highest BCUT2D eigenvalue weighted by Gasteiger charge is 2.21. The number of likely N-dealkylation sites (N-methyl/N-ethyl adjacent to an activating group) is 1. The van der Waals surface area contributed by atoms with Gasteiger partial charge in [-0.15, -0.1) is 0 Å². The van der Waals surface area contributed by atoms with E-state index in [0.29, 0.717) is 6.42 Å². The zero-order valence-corrected chi connectivity index (χ0v) is 11.8. The van der Waals surface area contributed by atoms with Gasteiger partial charge in [0.05, 0.1) is 6.10 Å². The lowest BCUT2D eigenvalue weighted by Gasteiger charge is -2.26. The van der Waals surface area contributed by atoms with Crippen LogP contribution in [0.1, 0.15) is 17.2 Å². The Morgan fingerprint density at radius 1 is 1.10 bits per heavy atom. The number of benzene rings is 2. The Kier molecular flexibility index (Phi) is 5.27. The summed E-state index contributed by atoms with van der Waals surface area (Å²) in [7, 11) is 3.60. The summed E-state index contributed by atoms with van der Waals surface area (Å²) in [6.07, 6.45) is 0.645. The van der Waals surface area contributed by atoms with E-state index in [0.717, 1.165) is 11.1 Å². The second-order valence-corrected chi connectivity index (χ2v) is 4.80. The molecule has 2 nitrogen and oxygen atoms in total. The molecule has 2 atom stereocenters. The molecule has 2 aromatic rings. The first kappa shape index (κ1) is 14.7. The van der Waals surface area contributed by atoms with Gasteiger partial charge >= 0.3 is 0 Å². The van der Waals surface area contributed by atoms with E-state index in [4.69, 9.17) is 4.74 Å². The minimum absolute atomic E-state index is 0.0653. The van der Waals surface area contributed by atoms with Crippen molar-refractivity contribution in [3.8, 4) is 0 Å². The lowest BCUT2D eigenvalue weighted by Crippen LogP contribution is -2.35. The van der Waals surface area contributed by atoms with E-state index in [1.165, 1.54) is 6.07 Å². The molecule has 0 heterocycles. The highest BCUT2D eigenvalue weighted by atomic mass is 19.1. The first-order valence-electron chi connectivity index (χ1n) is 6.74. The van der Waals surface area contributed by atoms with Gasteiger partial charge in [-0.05, 0) is 36.7 Å². The fraction of sp³-hybridized carbons (Fsp3) is 0.294. The second-order valence-electron chi connectivity index (χ2n) is 4.80. The van der Waals surface area contributed by atoms with Gasteiger partial charge in [0.1, 0.15) is 5.82 Å². The lowest BCUT2D eigenvalue weighted by atomic mass is 9.96. The highest BCUT2D eigenvalue weighted by molar-refractivity contribution is 5.22. The van der Waals surface area contributed by atoms with Gasteiger partial charge in [-0.3, -0.25) is 0 Å². The van der Waals surface area contributed by atoms with Gasteiger partial charge in [0.25, 0.3) is 0 Å². The SMILES string of the molecule is CNC(Cc1cccc(F)c1)C(OC)c1ccccc1. The molecule has 0 aliphatic carbocycles. The summed E-state index contributed by atoms with van der Waals surface area (Å²) in [5, 5.41) is 3.27. The average Bonchev–Trinajstić information content (AvgIpc) is 2.48. The van der Waals surface area contributed by atoms with Crippen LogP contribution in [0.5, 0.6) is 0 Å². The third-order valence-corrected chi connectivity index (χ3v) is 3.46. The van der Waals surface area contributed by atoms with E-state index in [9.17, 15) is 4.39 Å². The number of ether oxygens (including phenoxy) is 1. The molecule has 0 bridgehead atoms. The van der Waals surface area contributed by atoms with Gasteiger partial charge in [-0.1, -0.05) is 42.5 Å². The predicted octanol–water partition coefficient (Wildman–Crippen LogP) is 3.34. The molecule has 1 N–H and O–H groups in total. The standard InChI is InChI=1S/C17H20FNO/c1-19-16(12-13-7-6-10-15(18)11-13)17(20-2)14-8-4-3-5-9-14/h3-11,16-17,19H,12H2,1-2H3. The van der Waals surface area contributed by atoms with Crippen molar-refractivity contribution in [1.29, 1.82) is 0 Å². The summed E-state index contributed by atoms with van der Waals surface area (Å²) in [6, 6.07) is 16.9. The van der Waals surface area contributed by atoms with Gasteiger partial charge in [-0.25, -0.2) is 4.39 Å². The van der Waals surface area contributed by atoms with Crippen molar-refractivity contribution in [3.63, 3.8) is 0 Å². The molecule has 0 amide bonds. The number of methoxy groups -OCH3 is 1. The molecule has 0 saturated heterocycles. The molecule has 0 radical (unpaired) electrons. The Bertz CT molecular complexity index is 530. The molecule has 2 aromatic carbocycles. The molecule has 20 heavy (non-hydrogen) atoms. The van der Waals surface area contributed by atoms with E-state index in [1.54, 1.807) is 19.2 Å². The third kappa shape index (κ3) is 3.65. The molecule has 0 spiro atoms. The van der Waals surface area contributed by atoms with Crippen molar-refractivity contribution in [2.24, 2.45) is 0 Å². The first-order chi connectivity index (χ1) is 9.74. The van der Waals surface area contributed by atoms with Crippen molar-refractivity contribution in [2.45, 2.75) is 18.6 Å². The van der Waals surface area contributed by atoms with Crippen molar-refractivity contribution in [1.82, 2.24) is 5.32 Å². The zero-order chi connectivity index (χ0) is 14.4. The largest absolute Gasteiger partial charge is 0.375 e. The molecule has 2 unspecified atom stereocenters. The fourth-order valence-corrected chi connectivity index (χ4v) is 2.45. The summed E-state index contributed by atoms with van der Waals surface area (Å²) in [4.78, 5) is 0. The number of hydrogen-bond acceptors (Lipinski definition) is 2. The number of halogens is 1. The van der Waals surface area contributed by atoms with E-state index in [-0.39, 0.29) is 18.0 Å². The predicted molar refractivity (Wildman–Crippen MR) is 79.1 cm³/mol. The van der Waals surface area contributed by atoms with Crippen LogP contribution >= 0.6 is 0 Å². The molecule has 0 aliphatic rings. The Balaban J connectivity index is 2.18. The summed E-state index contributed by atoms with van der Waals surface area (Å²) in [6.45, 7) is 0. The number of hydrogen-bond donors (Lipinski definition) is 1. The fourth-order valence-electron chi connectivity index (χ4n) is 2.45. The Morgan fingerprint density at radius 3 is 2.45 bits per heavy atom. The molecular weight excluding hydrogens is 253 g/mol. The molecule has 0 saturated carbocycles. The zero-order valence-electron chi connectivity index (χ0n) is 11.8. The molecule has 2 rings (SSSR count). The molecule has 3 heteroatoms. The summed E-state index contributed by atoms with van der Waals surface area (Å²) in [5.74, 6) is -0.203. The Morgan fingerprint density at radius 2 is 1.85 bits per heavy atom. The molecule has 106 valence electrons. The van der Waals surface area contributed by atoms with Crippen LogP contribution in [0.2, 0.25) is 0 Å². The molecule has 0 aromatic heterocycles. The second kappa shape index (κ2) is 7.17. The Hall–Kier alpha value is -1.71. The van der Waals surface area contributed by atoms with Crippen molar-refractivity contribution in [2.75, 3.05) is 14.2 Å². The average molecular weight is 273 g/mol. The van der Waals surface area contributed by atoms with Crippen LogP contribution in [0.25, 0.3) is 0 Å². The summed E-state index contributed by atoms with van der Waals surface area (Å²) in [5.41, 5.74) is 2.08. The lowest BCUT2D eigenvalue weighted by molar-refractivity contribution is 0.0704. The van der Waals surface area contributed by atoms with Gasteiger partial charge in [0, 0.05) is 13.2 Å².